The van der Waals surface area contributed by atoms with Crippen LogP contribution < -0.4 is 5.32 Å². The number of carbonyl (C=O) groups excluding carboxylic acids is 1. The van der Waals surface area contributed by atoms with E-state index in [-0.39, 0.29) is 11.7 Å². The van der Waals surface area contributed by atoms with Crippen LogP contribution in [0.25, 0.3) is 22.6 Å². The molecule has 2 heterocycles. The molecule has 0 aliphatic carbocycles. The molecule has 0 radical (unpaired) electrons. The number of benzene rings is 2. The molecule has 6 nitrogen and oxygen atoms in total. The Morgan fingerprint density at radius 2 is 1.87 bits per heavy atom. The number of carbonyl (C=O) groups is 1. The van der Waals surface area contributed by atoms with Crippen LogP contribution in [0.1, 0.15) is 0 Å². The maximum Gasteiger partial charge on any atom is 0.236 e. The smallest absolute Gasteiger partial charge is 0.236 e. The van der Waals surface area contributed by atoms with Crippen LogP contribution in [-0.2, 0) is 11.8 Å². The molecular weight excluding hydrogens is 464 g/mol. The van der Waals surface area contributed by atoms with Crippen LogP contribution in [-0.4, -0.2) is 31.4 Å². The summed E-state index contributed by atoms with van der Waals surface area (Å²) in [6, 6.07) is 10.8. The Labute approximate surface area is 189 Å². The Bertz CT molecular complexity index is 1240. The Morgan fingerprint density at radius 3 is 2.61 bits per heavy atom. The van der Waals surface area contributed by atoms with Gasteiger partial charge in [-0.2, -0.15) is 0 Å². The topological polar surface area (TPSA) is 72.7 Å². The van der Waals surface area contributed by atoms with Crippen molar-refractivity contribution in [3.8, 4) is 22.6 Å². The number of thioether (sulfide) groups is 1. The zero-order chi connectivity index (χ0) is 22.0. The van der Waals surface area contributed by atoms with Gasteiger partial charge < -0.3 is 9.88 Å². The zero-order valence-electron chi connectivity index (χ0n) is 16.0. The lowest BCUT2D eigenvalue weighted by Crippen LogP contribution is -2.14. The van der Waals surface area contributed by atoms with Crippen LogP contribution in [0.15, 0.2) is 53.0 Å². The van der Waals surface area contributed by atoms with Crippen molar-refractivity contribution in [2.24, 2.45) is 7.05 Å². The first-order valence-corrected chi connectivity index (χ1v) is 11.1. The number of anilines is 1. The van der Waals surface area contributed by atoms with Gasteiger partial charge in [-0.05, 0) is 42.5 Å². The van der Waals surface area contributed by atoms with Gasteiger partial charge in [0.25, 0.3) is 0 Å². The van der Waals surface area contributed by atoms with Gasteiger partial charge in [0.05, 0.1) is 11.4 Å². The van der Waals surface area contributed by atoms with Crippen molar-refractivity contribution < 1.29 is 13.6 Å². The molecular formula is C20H14ClF2N5OS2. The highest BCUT2D eigenvalue weighted by atomic mass is 35.5. The summed E-state index contributed by atoms with van der Waals surface area (Å²) in [5.74, 6) is -1.38. The fourth-order valence-corrected chi connectivity index (χ4v) is 4.27. The van der Waals surface area contributed by atoms with Crippen molar-refractivity contribution >= 4 is 45.7 Å². The molecule has 1 N–H and O–H groups in total. The normalized spacial score (nSPS) is 11.0. The molecule has 0 aliphatic rings. The molecule has 0 unspecified atom stereocenters. The van der Waals surface area contributed by atoms with Crippen LogP contribution in [0.5, 0.6) is 0 Å². The summed E-state index contributed by atoms with van der Waals surface area (Å²) in [6.07, 6.45) is 0. The third kappa shape index (κ3) is 4.92. The van der Waals surface area contributed by atoms with Gasteiger partial charge in [0.1, 0.15) is 0 Å². The predicted molar refractivity (Wildman–Crippen MR) is 118 cm³/mol. The summed E-state index contributed by atoms with van der Waals surface area (Å²) >= 11 is 8.35. The van der Waals surface area contributed by atoms with E-state index in [0.29, 0.717) is 32.4 Å². The molecule has 2 aromatic carbocycles. The van der Waals surface area contributed by atoms with Gasteiger partial charge in [-0.3, -0.25) is 4.79 Å². The minimum absolute atomic E-state index is 0.104. The van der Waals surface area contributed by atoms with E-state index in [1.54, 1.807) is 22.1 Å². The number of hydrogen-bond acceptors (Lipinski definition) is 6. The highest BCUT2D eigenvalue weighted by molar-refractivity contribution is 7.99. The van der Waals surface area contributed by atoms with E-state index in [1.807, 2.05) is 19.2 Å². The van der Waals surface area contributed by atoms with Gasteiger partial charge in [-0.15, -0.1) is 21.5 Å². The Balaban J connectivity index is 1.37. The SMILES string of the molecule is Cn1c(SCC(=O)Nc2nc(-c3ccc(F)c(F)c3)cs2)nnc1-c1ccc(Cl)cc1. The number of nitrogens with one attached hydrogen (secondary N) is 1. The number of rotatable bonds is 6. The average Bonchev–Trinajstić information content (AvgIpc) is 3.36. The van der Waals surface area contributed by atoms with E-state index in [0.717, 1.165) is 17.7 Å². The Kier molecular flexibility index (Phi) is 6.30. The lowest BCUT2D eigenvalue weighted by molar-refractivity contribution is -0.113. The fourth-order valence-electron chi connectivity index (χ4n) is 2.70. The summed E-state index contributed by atoms with van der Waals surface area (Å²) in [7, 11) is 1.82. The Hall–Kier alpha value is -2.82. The first kappa shape index (κ1) is 21.4. The quantitative estimate of drug-likeness (QED) is 0.383. The second-order valence-electron chi connectivity index (χ2n) is 6.38. The number of thiazole rings is 1. The van der Waals surface area contributed by atoms with E-state index < -0.39 is 11.6 Å². The molecule has 0 aliphatic heterocycles. The van der Waals surface area contributed by atoms with Crippen molar-refractivity contribution in [3.05, 3.63) is 64.5 Å². The zero-order valence-corrected chi connectivity index (χ0v) is 18.4. The summed E-state index contributed by atoms with van der Waals surface area (Å²) in [6.45, 7) is 0. The van der Waals surface area contributed by atoms with Crippen LogP contribution >= 0.6 is 34.7 Å². The minimum Gasteiger partial charge on any atom is -0.305 e. The van der Waals surface area contributed by atoms with E-state index in [4.69, 9.17) is 11.6 Å². The first-order chi connectivity index (χ1) is 14.9. The van der Waals surface area contributed by atoms with Crippen LogP contribution in [0.4, 0.5) is 13.9 Å². The molecule has 0 saturated carbocycles. The lowest BCUT2D eigenvalue weighted by atomic mass is 10.2. The summed E-state index contributed by atoms with van der Waals surface area (Å²) in [5, 5.41) is 14.3. The molecule has 4 aromatic rings. The van der Waals surface area contributed by atoms with Gasteiger partial charge in [0, 0.05) is 28.6 Å². The number of hydrogen-bond donors (Lipinski definition) is 1. The highest BCUT2D eigenvalue weighted by Crippen LogP contribution is 2.27. The van der Waals surface area contributed by atoms with Crippen LogP contribution in [0.2, 0.25) is 5.02 Å². The van der Waals surface area contributed by atoms with E-state index in [1.165, 1.54) is 29.2 Å². The van der Waals surface area contributed by atoms with Crippen molar-refractivity contribution in [1.29, 1.82) is 0 Å². The maximum absolute atomic E-state index is 13.4. The summed E-state index contributed by atoms with van der Waals surface area (Å²) in [5.41, 5.74) is 1.75. The first-order valence-electron chi connectivity index (χ1n) is 8.89. The molecule has 2 aromatic heterocycles. The molecule has 4 rings (SSSR count). The average molecular weight is 478 g/mol. The van der Waals surface area contributed by atoms with Crippen molar-refractivity contribution in [3.63, 3.8) is 0 Å². The molecule has 158 valence electrons. The second kappa shape index (κ2) is 9.13. The van der Waals surface area contributed by atoms with Crippen LogP contribution in [0.3, 0.4) is 0 Å². The number of amides is 1. The number of aromatic nitrogens is 4. The largest absolute Gasteiger partial charge is 0.305 e. The second-order valence-corrected chi connectivity index (χ2v) is 8.61. The summed E-state index contributed by atoms with van der Waals surface area (Å²) < 4.78 is 28.3. The molecule has 11 heteroatoms. The summed E-state index contributed by atoms with van der Waals surface area (Å²) in [4.78, 5) is 16.6. The van der Waals surface area contributed by atoms with Gasteiger partial charge >= 0.3 is 0 Å². The minimum atomic E-state index is -0.950. The molecule has 0 saturated heterocycles. The molecule has 0 spiro atoms. The highest BCUT2D eigenvalue weighted by Gasteiger charge is 2.14. The van der Waals surface area contributed by atoms with Crippen molar-refractivity contribution in [2.75, 3.05) is 11.1 Å². The predicted octanol–water partition coefficient (Wildman–Crippen LogP) is 5.27. The third-order valence-corrected chi connectivity index (χ3v) is 6.27. The maximum atomic E-state index is 13.4. The molecule has 0 atom stereocenters. The van der Waals surface area contributed by atoms with Gasteiger partial charge in [0.2, 0.25) is 5.91 Å². The van der Waals surface area contributed by atoms with Gasteiger partial charge in [-0.25, -0.2) is 13.8 Å². The molecule has 31 heavy (non-hydrogen) atoms. The molecule has 1 amide bonds. The number of halogens is 3. The standard InChI is InChI=1S/C20H14ClF2N5OS2/c1-28-18(11-2-5-13(21)6-3-11)26-27-20(28)31-10-17(29)25-19-24-16(9-30-19)12-4-7-14(22)15(23)8-12/h2-9H,10H2,1H3,(H,24,25,29). The van der Waals surface area contributed by atoms with Gasteiger partial charge in [-0.1, -0.05) is 23.4 Å². The molecule has 0 fully saturated rings. The van der Waals surface area contributed by atoms with E-state index in [2.05, 4.69) is 20.5 Å². The van der Waals surface area contributed by atoms with Crippen molar-refractivity contribution in [1.82, 2.24) is 19.7 Å². The van der Waals surface area contributed by atoms with E-state index >= 15 is 0 Å². The molecule has 0 bridgehead atoms. The third-order valence-electron chi connectivity index (χ3n) is 4.24. The fraction of sp³-hybridized carbons (Fsp3) is 0.100. The van der Waals surface area contributed by atoms with Crippen LogP contribution in [0, 0.1) is 11.6 Å². The van der Waals surface area contributed by atoms with Crippen molar-refractivity contribution in [2.45, 2.75) is 5.16 Å². The lowest BCUT2D eigenvalue weighted by Gasteiger charge is -2.04. The Morgan fingerprint density at radius 1 is 1.13 bits per heavy atom. The van der Waals surface area contributed by atoms with E-state index in [9.17, 15) is 13.6 Å². The monoisotopic (exact) mass is 477 g/mol. The number of nitrogens with zero attached hydrogens (tertiary/aromatic N) is 4. The van der Waals surface area contributed by atoms with Gasteiger partial charge in [0.15, 0.2) is 27.7 Å².